The van der Waals surface area contributed by atoms with Crippen LogP contribution < -0.4 is 16.0 Å². The van der Waals surface area contributed by atoms with Crippen molar-refractivity contribution in [1.82, 2.24) is 9.55 Å². The molecule has 2 aromatic rings. The van der Waals surface area contributed by atoms with E-state index in [1.807, 2.05) is 0 Å². The maximum absolute atomic E-state index is 11.8. The number of ether oxygens (including phenoxy) is 1. The number of nitrogens with one attached hydrogen (secondary N) is 1. The van der Waals surface area contributed by atoms with Crippen molar-refractivity contribution >= 4 is 31.9 Å². The number of hydrogen-bond acceptors (Lipinski definition) is 4. The molecule has 1 aromatic heterocycles. The number of nitrogens with zero attached hydrogens (tertiary/aromatic N) is 1. The van der Waals surface area contributed by atoms with Crippen molar-refractivity contribution in [3.63, 3.8) is 0 Å². The van der Waals surface area contributed by atoms with Crippen molar-refractivity contribution in [3.05, 3.63) is 48.0 Å². The minimum Gasteiger partial charge on any atom is -0.495 e. The van der Waals surface area contributed by atoms with Gasteiger partial charge in [0.25, 0.3) is 5.56 Å². The highest BCUT2D eigenvalue weighted by atomic mass is 79.9. The summed E-state index contributed by atoms with van der Waals surface area (Å²) < 4.78 is 7.32. The second kappa shape index (κ2) is 5.22. The predicted molar refractivity (Wildman–Crippen MR) is 76.3 cm³/mol. The van der Waals surface area contributed by atoms with Crippen LogP contribution in [0.5, 0.6) is 11.6 Å². The third-order valence-corrected chi connectivity index (χ3v) is 3.64. The molecule has 2 N–H and O–H groups in total. The third kappa shape index (κ3) is 2.59. The highest BCUT2D eigenvalue weighted by Gasteiger charge is 2.13. The first kappa shape index (κ1) is 13.9. The Labute approximate surface area is 123 Å². The van der Waals surface area contributed by atoms with Gasteiger partial charge in [-0.15, -0.1) is 0 Å². The molecule has 2 rings (SSSR count). The van der Waals surface area contributed by atoms with Crippen LogP contribution in [0.1, 0.15) is 0 Å². The van der Waals surface area contributed by atoms with Crippen molar-refractivity contribution in [1.29, 1.82) is 0 Å². The first-order valence-corrected chi connectivity index (χ1v) is 6.61. The van der Waals surface area contributed by atoms with Gasteiger partial charge in [-0.1, -0.05) is 0 Å². The first-order valence-electron chi connectivity index (χ1n) is 5.03. The summed E-state index contributed by atoms with van der Waals surface area (Å²) >= 11 is 6.59. The van der Waals surface area contributed by atoms with Crippen LogP contribution >= 0.6 is 31.9 Å². The molecule has 0 radical (unpaired) electrons. The van der Waals surface area contributed by atoms with Gasteiger partial charge in [-0.25, -0.2) is 9.36 Å². The predicted octanol–water partition coefficient (Wildman–Crippen LogP) is 1.76. The molecule has 1 aromatic carbocycles. The second-order valence-electron chi connectivity index (χ2n) is 3.57. The lowest BCUT2D eigenvalue weighted by Crippen LogP contribution is -2.28. The smallest absolute Gasteiger partial charge is 0.335 e. The standard InChI is InChI=1S/C11H8Br2N2O4/c1-19-8-3-7(5(12)2-6(8)13)15-10(17)4-9(16)14-11(15)18/h2-4,17H,1H3,(H,14,16,18). The summed E-state index contributed by atoms with van der Waals surface area (Å²) in [5.74, 6) is 0.0227. The van der Waals surface area contributed by atoms with Gasteiger partial charge in [-0.3, -0.25) is 9.78 Å². The summed E-state index contributed by atoms with van der Waals surface area (Å²) in [4.78, 5) is 24.9. The Kier molecular flexibility index (Phi) is 3.81. The van der Waals surface area contributed by atoms with E-state index >= 15 is 0 Å². The monoisotopic (exact) mass is 390 g/mol. The topological polar surface area (TPSA) is 84.3 Å². The fourth-order valence-electron chi connectivity index (χ4n) is 1.56. The second-order valence-corrected chi connectivity index (χ2v) is 5.28. The summed E-state index contributed by atoms with van der Waals surface area (Å²) in [5.41, 5.74) is -1.06. The lowest BCUT2D eigenvalue weighted by Gasteiger charge is -2.12. The minimum absolute atomic E-state index is 0.346. The average molecular weight is 392 g/mol. The number of aromatic amines is 1. The van der Waals surface area contributed by atoms with E-state index in [2.05, 4.69) is 36.8 Å². The van der Waals surface area contributed by atoms with Gasteiger partial charge >= 0.3 is 5.69 Å². The zero-order valence-corrected chi connectivity index (χ0v) is 12.8. The fourth-order valence-corrected chi connectivity index (χ4v) is 2.90. The first-order chi connectivity index (χ1) is 8.93. The number of methoxy groups -OCH3 is 1. The van der Waals surface area contributed by atoms with Crippen molar-refractivity contribution < 1.29 is 9.84 Å². The van der Waals surface area contributed by atoms with E-state index in [0.29, 0.717) is 20.4 Å². The third-order valence-electron chi connectivity index (χ3n) is 2.38. The molecule has 0 aliphatic carbocycles. The normalized spacial score (nSPS) is 10.5. The van der Waals surface area contributed by atoms with Crippen LogP contribution in [-0.4, -0.2) is 21.8 Å². The van der Waals surface area contributed by atoms with Crippen LogP contribution in [0.3, 0.4) is 0 Å². The van der Waals surface area contributed by atoms with Gasteiger partial charge in [0.05, 0.1) is 23.3 Å². The average Bonchev–Trinajstić information content (AvgIpc) is 2.30. The van der Waals surface area contributed by atoms with Crippen molar-refractivity contribution in [2.75, 3.05) is 7.11 Å². The van der Waals surface area contributed by atoms with E-state index in [9.17, 15) is 14.7 Å². The molecule has 100 valence electrons. The summed E-state index contributed by atoms with van der Waals surface area (Å²) in [7, 11) is 1.48. The number of rotatable bonds is 2. The molecule has 0 fully saturated rings. The molecule has 19 heavy (non-hydrogen) atoms. The van der Waals surface area contributed by atoms with Crippen molar-refractivity contribution in [2.45, 2.75) is 0 Å². The molecule has 0 atom stereocenters. The van der Waals surface area contributed by atoms with E-state index in [4.69, 9.17) is 4.74 Å². The molecule has 0 bridgehead atoms. The summed E-state index contributed by atoms with van der Waals surface area (Å²) in [6.45, 7) is 0. The van der Waals surface area contributed by atoms with E-state index in [0.717, 1.165) is 10.6 Å². The number of aromatic nitrogens is 2. The van der Waals surface area contributed by atoms with Gasteiger partial charge in [-0.05, 0) is 37.9 Å². The Hall–Kier alpha value is -1.54. The van der Waals surface area contributed by atoms with E-state index in [1.165, 1.54) is 7.11 Å². The van der Waals surface area contributed by atoms with Gasteiger partial charge in [0.15, 0.2) is 0 Å². The van der Waals surface area contributed by atoms with Crippen molar-refractivity contribution in [2.24, 2.45) is 0 Å². The number of hydrogen-bond donors (Lipinski definition) is 2. The molecule has 1 heterocycles. The lowest BCUT2D eigenvalue weighted by molar-refractivity contribution is 0.410. The molecule has 0 amide bonds. The SMILES string of the molecule is COc1cc(-n2c(O)cc(=O)[nH]c2=O)c(Br)cc1Br. The zero-order chi connectivity index (χ0) is 14.2. The van der Waals surface area contributed by atoms with E-state index < -0.39 is 17.1 Å². The van der Waals surface area contributed by atoms with E-state index in [-0.39, 0.29) is 0 Å². The molecule has 0 aliphatic rings. The molecule has 6 nitrogen and oxygen atoms in total. The molecule has 0 spiro atoms. The number of benzene rings is 1. The van der Waals surface area contributed by atoms with Crippen LogP contribution in [0.2, 0.25) is 0 Å². The molecule has 0 unspecified atom stereocenters. The largest absolute Gasteiger partial charge is 0.495 e. The van der Waals surface area contributed by atoms with Gasteiger partial charge in [0, 0.05) is 10.5 Å². The Morgan fingerprint density at radius 1 is 1.21 bits per heavy atom. The van der Waals surface area contributed by atoms with Crippen LogP contribution in [0.15, 0.2) is 36.7 Å². The zero-order valence-electron chi connectivity index (χ0n) is 9.61. The summed E-state index contributed by atoms with van der Waals surface area (Å²) in [5, 5.41) is 9.75. The molecule has 0 aliphatic heterocycles. The molecule has 8 heteroatoms. The highest BCUT2D eigenvalue weighted by Crippen LogP contribution is 2.33. The highest BCUT2D eigenvalue weighted by molar-refractivity contribution is 9.11. The Bertz CT molecular complexity index is 751. The van der Waals surface area contributed by atoms with Gasteiger partial charge in [-0.2, -0.15) is 0 Å². The van der Waals surface area contributed by atoms with Gasteiger partial charge in [0.1, 0.15) is 5.75 Å². The number of aromatic hydroxyl groups is 1. The number of H-pyrrole nitrogens is 1. The van der Waals surface area contributed by atoms with Crippen LogP contribution in [0, 0.1) is 0 Å². The van der Waals surface area contributed by atoms with Crippen molar-refractivity contribution in [3.8, 4) is 17.3 Å². The Morgan fingerprint density at radius 2 is 1.89 bits per heavy atom. The fraction of sp³-hybridized carbons (Fsp3) is 0.0909. The van der Waals surface area contributed by atoms with Crippen LogP contribution in [0.25, 0.3) is 5.69 Å². The van der Waals surface area contributed by atoms with E-state index in [1.54, 1.807) is 12.1 Å². The van der Waals surface area contributed by atoms with Crippen LogP contribution in [-0.2, 0) is 0 Å². The molecular weight excluding hydrogens is 384 g/mol. The number of halogens is 2. The summed E-state index contributed by atoms with van der Waals surface area (Å²) in [6, 6.07) is 4.14. The molecular formula is C11H8Br2N2O4. The summed E-state index contributed by atoms with van der Waals surface area (Å²) in [6.07, 6.45) is 0. The lowest BCUT2D eigenvalue weighted by atomic mass is 10.3. The molecule has 0 saturated heterocycles. The maximum atomic E-state index is 11.8. The Balaban J connectivity index is 2.79. The molecule has 0 saturated carbocycles. The quantitative estimate of drug-likeness (QED) is 0.816. The van der Waals surface area contributed by atoms with Gasteiger partial charge < -0.3 is 9.84 Å². The van der Waals surface area contributed by atoms with Gasteiger partial charge in [0.2, 0.25) is 5.88 Å². The minimum atomic E-state index is -0.741. The van der Waals surface area contributed by atoms with Crippen LogP contribution in [0.4, 0.5) is 0 Å². The maximum Gasteiger partial charge on any atom is 0.335 e. The Morgan fingerprint density at radius 3 is 2.47 bits per heavy atom.